The van der Waals surface area contributed by atoms with Crippen LogP contribution < -0.4 is 5.32 Å². The Kier molecular flexibility index (Phi) is 7.31. The molecule has 0 aliphatic carbocycles. The predicted molar refractivity (Wildman–Crippen MR) is 116 cm³/mol. The van der Waals surface area contributed by atoms with Crippen molar-refractivity contribution >= 4 is 11.6 Å². The number of rotatable bonds is 9. The molecule has 1 atom stereocenters. The summed E-state index contributed by atoms with van der Waals surface area (Å²) in [7, 11) is 0. The summed E-state index contributed by atoms with van der Waals surface area (Å²) in [6.45, 7) is 7.60. The van der Waals surface area contributed by atoms with Crippen LogP contribution in [0.2, 0.25) is 0 Å². The molecule has 6 nitrogen and oxygen atoms in total. The highest BCUT2D eigenvalue weighted by molar-refractivity contribution is 6.02. The first-order valence-electron chi connectivity index (χ1n) is 9.95. The van der Waals surface area contributed by atoms with Gasteiger partial charge in [-0.05, 0) is 45.7 Å². The van der Waals surface area contributed by atoms with Gasteiger partial charge in [-0.15, -0.1) is 0 Å². The van der Waals surface area contributed by atoms with Crippen molar-refractivity contribution in [3.05, 3.63) is 70.8 Å². The van der Waals surface area contributed by atoms with E-state index in [2.05, 4.69) is 5.32 Å². The van der Waals surface area contributed by atoms with Crippen molar-refractivity contribution < 1.29 is 24.9 Å². The molecule has 0 aromatic heterocycles. The summed E-state index contributed by atoms with van der Waals surface area (Å²) >= 11 is 0. The average Bonchev–Trinajstić information content (AvgIpc) is 2.69. The molecule has 2 aromatic carbocycles. The molecule has 0 saturated heterocycles. The van der Waals surface area contributed by atoms with Gasteiger partial charge in [0.05, 0.1) is 12.6 Å². The molecule has 0 saturated carbocycles. The SMILES string of the molecule is CC(CO)NC(c1ccc(C(=O)C(C)(C)O)cc1)c1ccc(C(=O)C(C)(C)O)cc1. The minimum atomic E-state index is -1.45. The van der Waals surface area contributed by atoms with Crippen molar-refractivity contribution in [1.82, 2.24) is 5.32 Å². The van der Waals surface area contributed by atoms with E-state index in [0.29, 0.717) is 11.1 Å². The van der Waals surface area contributed by atoms with Gasteiger partial charge in [-0.1, -0.05) is 48.5 Å². The van der Waals surface area contributed by atoms with Crippen molar-refractivity contribution in [2.45, 2.75) is 57.9 Å². The molecule has 0 heterocycles. The Morgan fingerprint density at radius 1 is 0.800 bits per heavy atom. The molecule has 0 amide bonds. The normalized spacial score (nSPS) is 13.4. The van der Waals surface area contributed by atoms with Crippen LogP contribution in [0.4, 0.5) is 0 Å². The Morgan fingerprint density at radius 3 is 1.40 bits per heavy atom. The molecule has 0 radical (unpaired) electrons. The van der Waals surface area contributed by atoms with Gasteiger partial charge in [0.25, 0.3) is 0 Å². The maximum atomic E-state index is 12.3. The number of Topliss-reactive ketones (excluding diaryl/α,β-unsaturated/α-hetero) is 2. The van der Waals surface area contributed by atoms with Gasteiger partial charge in [0.2, 0.25) is 0 Å². The highest BCUT2D eigenvalue weighted by Gasteiger charge is 2.27. The van der Waals surface area contributed by atoms with Gasteiger partial charge in [-0.25, -0.2) is 0 Å². The average molecular weight is 414 g/mol. The lowest BCUT2D eigenvalue weighted by molar-refractivity contribution is 0.0487. The standard InChI is InChI=1S/C24H31NO5/c1-15(14-26)25-20(16-6-10-18(11-7-16)21(27)23(2,3)29)17-8-12-19(13-9-17)22(28)24(4,5)30/h6-13,15,20,25-26,29-30H,14H2,1-5H3. The fraction of sp³-hybridized carbons (Fsp3) is 0.417. The van der Waals surface area contributed by atoms with E-state index in [4.69, 9.17) is 0 Å². The van der Waals surface area contributed by atoms with Gasteiger partial charge < -0.3 is 20.6 Å². The third kappa shape index (κ3) is 5.83. The fourth-order valence-electron chi connectivity index (χ4n) is 3.08. The molecule has 0 fully saturated rings. The summed E-state index contributed by atoms with van der Waals surface area (Å²) in [6.07, 6.45) is 0. The monoisotopic (exact) mass is 413 g/mol. The van der Waals surface area contributed by atoms with Gasteiger partial charge in [0.15, 0.2) is 11.6 Å². The second-order valence-corrected chi connectivity index (χ2v) is 8.70. The number of aliphatic hydroxyl groups is 3. The summed E-state index contributed by atoms with van der Waals surface area (Å²) in [5, 5.41) is 32.7. The zero-order valence-corrected chi connectivity index (χ0v) is 18.1. The Hall–Kier alpha value is -2.38. The van der Waals surface area contributed by atoms with Crippen LogP contribution in [0.1, 0.15) is 72.5 Å². The Bertz CT molecular complexity index is 804. The van der Waals surface area contributed by atoms with Gasteiger partial charge >= 0.3 is 0 Å². The van der Waals surface area contributed by atoms with Gasteiger partial charge in [-0.2, -0.15) is 0 Å². The van der Waals surface area contributed by atoms with Crippen LogP contribution in [-0.2, 0) is 0 Å². The number of ketones is 2. The topological polar surface area (TPSA) is 107 Å². The van der Waals surface area contributed by atoms with E-state index < -0.39 is 11.2 Å². The van der Waals surface area contributed by atoms with Crippen molar-refractivity contribution in [1.29, 1.82) is 0 Å². The van der Waals surface area contributed by atoms with Gasteiger partial charge in [0.1, 0.15) is 11.2 Å². The first-order valence-corrected chi connectivity index (χ1v) is 9.95. The van der Waals surface area contributed by atoms with Crippen LogP contribution in [0.5, 0.6) is 0 Å². The van der Waals surface area contributed by atoms with Gasteiger partial charge in [-0.3, -0.25) is 9.59 Å². The fourth-order valence-corrected chi connectivity index (χ4v) is 3.08. The van der Waals surface area contributed by atoms with Crippen LogP contribution in [-0.4, -0.2) is 50.7 Å². The van der Waals surface area contributed by atoms with E-state index in [9.17, 15) is 24.9 Å². The number of carbonyl (C=O) groups is 2. The van der Waals surface area contributed by atoms with Crippen molar-refractivity contribution in [2.75, 3.05) is 6.61 Å². The molecule has 162 valence electrons. The maximum Gasteiger partial charge on any atom is 0.193 e. The third-order valence-electron chi connectivity index (χ3n) is 4.85. The molecule has 2 rings (SSSR count). The van der Waals surface area contributed by atoms with E-state index in [1.54, 1.807) is 48.5 Å². The molecular weight excluding hydrogens is 382 g/mol. The van der Waals surface area contributed by atoms with Crippen molar-refractivity contribution in [3.8, 4) is 0 Å². The molecule has 6 heteroatoms. The second kappa shape index (κ2) is 9.18. The maximum absolute atomic E-state index is 12.3. The molecule has 0 spiro atoms. The van der Waals surface area contributed by atoms with Crippen molar-refractivity contribution in [2.24, 2.45) is 0 Å². The number of benzene rings is 2. The lowest BCUT2D eigenvalue weighted by Crippen LogP contribution is -2.34. The highest BCUT2D eigenvalue weighted by Crippen LogP contribution is 2.25. The molecule has 0 aliphatic heterocycles. The minimum absolute atomic E-state index is 0.0545. The molecule has 1 unspecified atom stereocenters. The van der Waals surface area contributed by atoms with E-state index in [1.165, 1.54) is 27.7 Å². The van der Waals surface area contributed by atoms with Crippen molar-refractivity contribution in [3.63, 3.8) is 0 Å². The first kappa shape index (κ1) is 23.9. The predicted octanol–water partition coefficient (Wildman–Crippen LogP) is 2.65. The van der Waals surface area contributed by atoms with Crippen LogP contribution in [0.15, 0.2) is 48.5 Å². The summed E-state index contributed by atoms with van der Waals surface area (Å²) in [4.78, 5) is 24.5. The molecular formula is C24H31NO5. The number of nitrogens with one attached hydrogen (secondary N) is 1. The second-order valence-electron chi connectivity index (χ2n) is 8.70. The third-order valence-corrected chi connectivity index (χ3v) is 4.85. The van der Waals surface area contributed by atoms with Crippen LogP contribution in [0, 0.1) is 0 Å². The van der Waals surface area contributed by atoms with E-state index in [-0.39, 0.29) is 30.3 Å². The number of hydrogen-bond acceptors (Lipinski definition) is 6. The molecule has 2 aromatic rings. The summed E-state index contributed by atoms with van der Waals surface area (Å²) < 4.78 is 0. The zero-order chi connectivity index (χ0) is 22.7. The highest BCUT2D eigenvalue weighted by atomic mass is 16.3. The molecule has 0 aliphatic rings. The van der Waals surface area contributed by atoms with Crippen LogP contribution in [0.25, 0.3) is 0 Å². The summed E-state index contributed by atoms with van der Waals surface area (Å²) in [5.74, 6) is -0.728. The van der Waals surface area contributed by atoms with E-state index >= 15 is 0 Å². The number of carbonyl (C=O) groups excluding carboxylic acids is 2. The lowest BCUT2D eigenvalue weighted by atomic mass is 9.91. The van der Waals surface area contributed by atoms with E-state index in [0.717, 1.165) is 11.1 Å². The van der Waals surface area contributed by atoms with Gasteiger partial charge in [0, 0.05) is 17.2 Å². The van der Waals surface area contributed by atoms with Crippen LogP contribution >= 0.6 is 0 Å². The quantitative estimate of drug-likeness (QED) is 0.471. The minimum Gasteiger partial charge on any atom is -0.395 e. The zero-order valence-electron chi connectivity index (χ0n) is 18.1. The molecule has 30 heavy (non-hydrogen) atoms. The Balaban J connectivity index is 2.37. The number of aliphatic hydroxyl groups excluding tert-OH is 1. The Labute approximate surface area is 177 Å². The summed E-state index contributed by atoms with van der Waals surface area (Å²) in [6, 6.07) is 13.4. The van der Waals surface area contributed by atoms with E-state index in [1.807, 2.05) is 6.92 Å². The molecule has 0 bridgehead atoms. The number of hydrogen-bond donors (Lipinski definition) is 4. The largest absolute Gasteiger partial charge is 0.395 e. The Morgan fingerprint density at radius 2 is 1.13 bits per heavy atom. The smallest absolute Gasteiger partial charge is 0.193 e. The molecule has 4 N–H and O–H groups in total. The summed E-state index contributed by atoms with van der Waals surface area (Å²) in [5.41, 5.74) is -0.355. The first-order chi connectivity index (χ1) is 13.8. The lowest BCUT2D eigenvalue weighted by Gasteiger charge is -2.24. The van der Waals surface area contributed by atoms with Crippen LogP contribution in [0.3, 0.4) is 0 Å².